The third-order valence-electron chi connectivity index (χ3n) is 4.96. The Morgan fingerprint density at radius 3 is 2.33 bits per heavy atom. The molecule has 24 heavy (non-hydrogen) atoms. The molecule has 0 amide bonds. The molecule has 134 valence electrons. The van der Waals surface area contributed by atoms with Crippen molar-refractivity contribution in [1.29, 1.82) is 0 Å². The molecule has 0 bridgehead atoms. The van der Waals surface area contributed by atoms with Crippen LogP contribution in [0.15, 0.2) is 12.1 Å². The Hall–Kier alpha value is -0.570. The van der Waals surface area contributed by atoms with Crippen molar-refractivity contribution in [2.75, 3.05) is 26.2 Å². The fraction of sp³-hybridized carbons (Fsp3) is 0.600. The van der Waals surface area contributed by atoms with E-state index in [1.807, 2.05) is 0 Å². The molecule has 0 aromatic heterocycles. The summed E-state index contributed by atoms with van der Waals surface area (Å²) >= 11 is 11.9. The maximum absolute atomic E-state index is 12.4. The number of nitrogens with one attached hydrogen (secondary N) is 1. The molecule has 2 fully saturated rings. The van der Waals surface area contributed by atoms with Gasteiger partial charge in [0.25, 0.3) is 0 Å². The lowest BCUT2D eigenvalue weighted by Gasteiger charge is -2.38. The molecule has 1 aromatic rings. The maximum atomic E-state index is 12.4. The molecular formula is C15H21Cl2N3O3S. The van der Waals surface area contributed by atoms with Crippen LogP contribution in [0.1, 0.15) is 24.4 Å². The van der Waals surface area contributed by atoms with Gasteiger partial charge in [0.05, 0.1) is 10.0 Å². The molecule has 2 aliphatic heterocycles. The lowest BCUT2D eigenvalue weighted by Crippen LogP contribution is -2.57. The second-order valence-corrected chi connectivity index (χ2v) is 9.44. The van der Waals surface area contributed by atoms with Crippen molar-refractivity contribution in [3.63, 3.8) is 0 Å². The average molecular weight is 394 g/mol. The van der Waals surface area contributed by atoms with Gasteiger partial charge in [-0.15, -0.1) is 0 Å². The summed E-state index contributed by atoms with van der Waals surface area (Å²) in [4.78, 5) is 0. The monoisotopic (exact) mass is 393 g/mol. The first-order valence-corrected chi connectivity index (χ1v) is 10.2. The van der Waals surface area contributed by atoms with E-state index in [1.54, 1.807) is 10.4 Å². The number of hydrogen-bond donors (Lipinski definition) is 3. The van der Waals surface area contributed by atoms with Crippen LogP contribution < -0.4 is 11.1 Å². The van der Waals surface area contributed by atoms with Crippen LogP contribution in [0.5, 0.6) is 5.75 Å². The Labute approximate surface area is 152 Å². The van der Waals surface area contributed by atoms with Gasteiger partial charge in [0.15, 0.2) is 0 Å². The smallest absolute Gasteiger partial charge is 0.219 e. The first kappa shape index (κ1) is 18.2. The van der Waals surface area contributed by atoms with E-state index in [1.165, 1.54) is 6.07 Å². The van der Waals surface area contributed by atoms with Gasteiger partial charge >= 0.3 is 0 Å². The van der Waals surface area contributed by atoms with E-state index in [4.69, 9.17) is 28.9 Å². The molecule has 9 heteroatoms. The Kier molecular flexibility index (Phi) is 5.30. The normalized spacial score (nSPS) is 22.3. The van der Waals surface area contributed by atoms with Crippen molar-refractivity contribution in [3.8, 4) is 5.75 Å². The molecule has 0 radical (unpaired) electrons. The second-order valence-electron chi connectivity index (χ2n) is 6.41. The number of nitrogens with two attached hydrogens (primary N) is 1. The highest BCUT2D eigenvalue weighted by Crippen LogP contribution is 2.38. The average Bonchev–Trinajstić information content (AvgIpc) is 2.48. The lowest BCUT2D eigenvalue weighted by molar-refractivity contribution is 0.239. The highest BCUT2D eigenvalue weighted by atomic mass is 35.5. The van der Waals surface area contributed by atoms with Crippen LogP contribution in [0.25, 0.3) is 0 Å². The first-order chi connectivity index (χ1) is 11.3. The number of benzene rings is 1. The summed E-state index contributed by atoms with van der Waals surface area (Å²) in [6.07, 6.45) is 1.31. The fourth-order valence-corrected chi connectivity index (χ4v) is 5.37. The van der Waals surface area contributed by atoms with Crippen LogP contribution in [-0.4, -0.2) is 49.3 Å². The number of halogens is 2. The summed E-state index contributed by atoms with van der Waals surface area (Å²) in [5.74, 6) is 0.103. The summed E-state index contributed by atoms with van der Waals surface area (Å²) < 4.78 is 26.4. The second kappa shape index (κ2) is 6.97. The molecule has 1 aromatic carbocycles. The first-order valence-electron chi connectivity index (χ1n) is 7.94. The quantitative estimate of drug-likeness (QED) is 0.723. The number of phenolic OH excluding ortho intramolecular Hbond substituents is 1. The molecule has 4 N–H and O–H groups in total. The third kappa shape index (κ3) is 3.38. The number of piperidine rings is 1. The van der Waals surface area contributed by atoms with Gasteiger partial charge < -0.3 is 16.2 Å². The van der Waals surface area contributed by atoms with Crippen molar-refractivity contribution in [2.45, 2.75) is 24.1 Å². The zero-order chi connectivity index (χ0) is 17.5. The van der Waals surface area contributed by atoms with Gasteiger partial charge in [0.1, 0.15) is 11.0 Å². The van der Waals surface area contributed by atoms with E-state index >= 15 is 0 Å². The lowest BCUT2D eigenvalue weighted by atomic mass is 9.86. The van der Waals surface area contributed by atoms with Gasteiger partial charge in [0, 0.05) is 43.9 Å². The molecule has 6 nitrogen and oxygen atoms in total. The third-order valence-corrected chi connectivity index (χ3v) is 7.94. The molecule has 0 spiro atoms. The van der Waals surface area contributed by atoms with Crippen molar-refractivity contribution in [3.05, 3.63) is 27.7 Å². The molecule has 2 heterocycles. The number of nitrogens with zero attached hydrogens (tertiary/aromatic N) is 1. The predicted octanol–water partition coefficient (Wildman–Crippen LogP) is 1.71. The molecule has 2 saturated heterocycles. The van der Waals surface area contributed by atoms with E-state index in [0.29, 0.717) is 49.6 Å². The van der Waals surface area contributed by atoms with Crippen molar-refractivity contribution in [1.82, 2.24) is 9.62 Å². The number of hydrogen-bond acceptors (Lipinski definition) is 5. The standard InChI is InChI=1S/C15H21Cl2N3O3S/c16-12-5-11(14(21)6-13(12)17)15(18)9-1-3-20(4-2-9)24(22,23)10-7-19-8-10/h5-6,9-10,15,19,21H,1-4,7-8,18H2/t15-/m1/s1. The zero-order valence-corrected chi connectivity index (χ0v) is 15.4. The zero-order valence-electron chi connectivity index (χ0n) is 13.1. The molecular weight excluding hydrogens is 373 g/mol. The Morgan fingerprint density at radius 1 is 1.21 bits per heavy atom. The minimum absolute atomic E-state index is 0.0208. The number of rotatable bonds is 4. The van der Waals surface area contributed by atoms with Gasteiger partial charge in [-0.1, -0.05) is 23.2 Å². The Bertz CT molecular complexity index is 717. The molecule has 0 aliphatic carbocycles. The molecule has 1 atom stereocenters. The van der Waals surface area contributed by atoms with E-state index in [9.17, 15) is 13.5 Å². The van der Waals surface area contributed by atoms with Crippen molar-refractivity contribution in [2.24, 2.45) is 11.7 Å². The van der Waals surface area contributed by atoms with E-state index in [2.05, 4.69) is 5.32 Å². The van der Waals surface area contributed by atoms with Crippen molar-refractivity contribution < 1.29 is 13.5 Å². The Balaban J connectivity index is 1.67. The predicted molar refractivity (Wildman–Crippen MR) is 94.9 cm³/mol. The van der Waals surface area contributed by atoms with Gasteiger partial charge in [0.2, 0.25) is 10.0 Å². The van der Waals surface area contributed by atoms with Crippen LogP contribution >= 0.6 is 23.2 Å². The minimum atomic E-state index is -3.22. The van der Waals surface area contributed by atoms with Crippen LogP contribution in [0.4, 0.5) is 0 Å². The Morgan fingerprint density at radius 2 is 1.79 bits per heavy atom. The van der Waals surface area contributed by atoms with Gasteiger partial charge in [-0.25, -0.2) is 12.7 Å². The van der Waals surface area contributed by atoms with Crippen LogP contribution in [0.3, 0.4) is 0 Å². The number of sulfonamides is 1. The van der Waals surface area contributed by atoms with Gasteiger partial charge in [-0.3, -0.25) is 0 Å². The van der Waals surface area contributed by atoms with Crippen LogP contribution in [-0.2, 0) is 10.0 Å². The number of phenols is 1. The molecule has 2 aliphatic rings. The van der Waals surface area contributed by atoms with Gasteiger partial charge in [-0.2, -0.15) is 0 Å². The highest BCUT2D eigenvalue weighted by molar-refractivity contribution is 7.89. The van der Waals surface area contributed by atoms with E-state index in [0.717, 1.165) is 0 Å². The molecule has 3 rings (SSSR count). The van der Waals surface area contributed by atoms with Crippen LogP contribution in [0.2, 0.25) is 10.0 Å². The summed E-state index contributed by atoms with van der Waals surface area (Å²) in [5.41, 5.74) is 6.85. The summed E-state index contributed by atoms with van der Waals surface area (Å²) in [7, 11) is -3.22. The topological polar surface area (TPSA) is 95.7 Å². The molecule has 0 saturated carbocycles. The van der Waals surface area contributed by atoms with E-state index in [-0.39, 0.29) is 21.9 Å². The SMILES string of the molecule is N[C@@H](c1cc(Cl)c(Cl)cc1O)C1CCN(S(=O)(=O)C2CNC2)CC1. The highest BCUT2D eigenvalue weighted by Gasteiger charge is 2.38. The minimum Gasteiger partial charge on any atom is -0.508 e. The van der Waals surface area contributed by atoms with Crippen molar-refractivity contribution >= 4 is 33.2 Å². The van der Waals surface area contributed by atoms with Gasteiger partial charge in [-0.05, 0) is 24.8 Å². The number of aromatic hydroxyl groups is 1. The summed E-state index contributed by atoms with van der Waals surface area (Å²) in [6, 6.07) is 2.57. The maximum Gasteiger partial charge on any atom is 0.219 e. The van der Waals surface area contributed by atoms with E-state index < -0.39 is 16.1 Å². The molecule has 0 unspecified atom stereocenters. The summed E-state index contributed by atoms with van der Waals surface area (Å²) in [6.45, 7) is 1.97. The van der Waals surface area contributed by atoms with Crippen LogP contribution in [0, 0.1) is 5.92 Å². The summed E-state index contributed by atoms with van der Waals surface area (Å²) in [5, 5.41) is 13.4. The largest absolute Gasteiger partial charge is 0.508 e. The fourth-order valence-electron chi connectivity index (χ4n) is 3.25.